The molecule has 3 heteroatoms. The molecule has 2 atom stereocenters. The molecule has 100 valence electrons. The highest BCUT2D eigenvalue weighted by Crippen LogP contribution is 2.28. The van der Waals surface area contributed by atoms with Crippen molar-refractivity contribution in [2.75, 3.05) is 32.8 Å². The van der Waals surface area contributed by atoms with Crippen molar-refractivity contribution in [3.8, 4) is 0 Å². The van der Waals surface area contributed by atoms with E-state index in [1.54, 1.807) is 0 Å². The second-order valence-corrected chi connectivity index (χ2v) is 5.50. The normalized spacial score (nSPS) is 26.6. The lowest BCUT2D eigenvalue weighted by molar-refractivity contribution is 0.160. The lowest BCUT2D eigenvalue weighted by Crippen LogP contribution is -2.46. The number of likely N-dealkylation sites (N-methyl/N-ethyl adjacent to an activating group) is 1. The van der Waals surface area contributed by atoms with Crippen LogP contribution in [0.2, 0.25) is 0 Å². The van der Waals surface area contributed by atoms with Gasteiger partial charge in [-0.05, 0) is 38.8 Å². The molecule has 1 heterocycles. The highest BCUT2D eigenvalue weighted by atomic mass is 16.5. The summed E-state index contributed by atoms with van der Waals surface area (Å²) in [6.07, 6.45) is 5.29. The van der Waals surface area contributed by atoms with Gasteiger partial charge in [0.15, 0.2) is 0 Å². The van der Waals surface area contributed by atoms with Crippen LogP contribution in [-0.4, -0.2) is 49.8 Å². The molecule has 1 N–H and O–H groups in total. The molecule has 1 saturated carbocycles. The third-order valence-electron chi connectivity index (χ3n) is 4.09. The Bertz CT molecular complexity index is 212. The zero-order valence-electron chi connectivity index (χ0n) is 11.5. The molecule has 0 amide bonds. The molecule has 0 aromatic heterocycles. The van der Waals surface area contributed by atoms with Crippen LogP contribution in [0.25, 0.3) is 0 Å². The zero-order chi connectivity index (χ0) is 12.1. The van der Waals surface area contributed by atoms with Gasteiger partial charge in [-0.15, -0.1) is 0 Å². The molecule has 1 aliphatic heterocycles. The van der Waals surface area contributed by atoms with Gasteiger partial charge in [0, 0.05) is 31.2 Å². The van der Waals surface area contributed by atoms with E-state index in [0.29, 0.717) is 6.04 Å². The van der Waals surface area contributed by atoms with E-state index in [0.717, 1.165) is 31.7 Å². The van der Waals surface area contributed by atoms with Gasteiger partial charge in [-0.2, -0.15) is 0 Å². The van der Waals surface area contributed by atoms with Crippen LogP contribution in [0.5, 0.6) is 0 Å². The Labute approximate surface area is 106 Å². The highest BCUT2D eigenvalue weighted by Gasteiger charge is 2.32. The van der Waals surface area contributed by atoms with Crippen LogP contribution in [0.1, 0.15) is 39.5 Å². The summed E-state index contributed by atoms with van der Waals surface area (Å²) in [5.41, 5.74) is 0. The zero-order valence-corrected chi connectivity index (χ0v) is 11.5. The van der Waals surface area contributed by atoms with Gasteiger partial charge >= 0.3 is 0 Å². The number of ether oxygens (including phenoxy) is 1. The summed E-state index contributed by atoms with van der Waals surface area (Å²) in [6, 6.07) is 1.52. The predicted molar refractivity (Wildman–Crippen MR) is 71.3 cm³/mol. The summed E-state index contributed by atoms with van der Waals surface area (Å²) in [7, 11) is 0. The van der Waals surface area contributed by atoms with Crippen molar-refractivity contribution in [3.05, 3.63) is 0 Å². The average molecular weight is 240 g/mol. The number of hydrogen-bond donors (Lipinski definition) is 1. The fourth-order valence-electron chi connectivity index (χ4n) is 2.81. The van der Waals surface area contributed by atoms with Gasteiger partial charge in [0.05, 0.1) is 6.61 Å². The van der Waals surface area contributed by atoms with Crippen molar-refractivity contribution in [1.29, 1.82) is 0 Å². The Morgan fingerprint density at radius 2 is 2.12 bits per heavy atom. The monoisotopic (exact) mass is 240 g/mol. The summed E-state index contributed by atoms with van der Waals surface area (Å²) in [4.78, 5) is 2.66. The van der Waals surface area contributed by atoms with E-state index in [1.165, 1.54) is 38.8 Å². The summed E-state index contributed by atoms with van der Waals surface area (Å²) >= 11 is 0. The van der Waals surface area contributed by atoms with Gasteiger partial charge < -0.3 is 10.1 Å². The molecule has 2 unspecified atom stereocenters. The van der Waals surface area contributed by atoms with Crippen LogP contribution in [0, 0.1) is 5.92 Å². The fourth-order valence-corrected chi connectivity index (χ4v) is 2.81. The van der Waals surface area contributed by atoms with E-state index >= 15 is 0 Å². The molecule has 1 saturated heterocycles. The molecular weight excluding hydrogens is 212 g/mol. The van der Waals surface area contributed by atoms with Crippen LogP contribution < -0.4 is 5.32 Å². The average Bonchev–Trinajstić information content (AvgIpc) is 3.04. The topological polar surface area (TPSA) is 24.5 Å². The second kappa shape index (κ2) is 6.72. The third-order valence-corrected chi connectivity index (χ3v) is 4.09. The van der Waals surface area contributed by atoms with E-state index in [1.807, 2.05) is 0 Å². The van der Waals surface area contributed by atoms with Crippen molar-refractivity contribution in [2.45, 2.75) is 51.6 Å². The minimum atomic E-state index is 0.637. The highest BCUT2D eigenvalue weighted by molar-refractivity contribution is 4.89. The molecule has 0 bridgehead atoms. The molecule has 0 radical (unpaired) electrons. The number of nitrogens with zero attached hydrogens (tertiary/aromatic N) is 1. The number of nitrogens with one attached hydrogen (secondary N) is 1. The second-order valence-electron chi connectivity index (χ2n) is 5.50. The van der Waals surface area contributed by atoms with Gasteiger partial charge in [0.2, 0.25) is 0 Å². The molecule has 0 spiro atoms. The van der Waals surface area contributed by atoms with Crippen LogP contribution in [0.4, 0.5) is 0 Å². The van der Waals surface area contributed by atoms with E-state index in [4.69, 9.17) is 4.74 Å². The maximum absolute atomic E-state index is 5.55. The molecule has 17 heavy (non-hydrogen) atoms. The summed E-state index contributed by atoms with van der Waals surface area (Å²) < 4.78 is 5.55. The maximum Gasteiger partial charge on any atom is 0.0510 e. The van der Waals surface area contributed by atoms with Gasteiger partial charge in [-0.3, -0.25) is 4.90 Å². The Hall–Kier alpha value is -0.120. The summed E-state index contributed by atoms with van der Waals surface area (Å²) in [5, 5.41) is 3.74. The lowest BCUT2D eigenvalue weighted by Gasteiger charge is -2.30. The Kier molecular flexibility index (Phi) is 5.26. The summed E-state index contributed by atoms with van der Waals surface area (Å²) in [5.74, 6) is 0.731. The van der Waals surface area contributed by atoms with Crippen molar-refractivity contribution >= 4 is 0 Å². The predicted octanol–water partition coefficient (Wildman–Crippen LogP) is 1.88. The number of rotatable bonds is 8. The first-order chi connectivity index (χ1) is 8.35. The van der Waals surface area contributed by atoms with E-state index in [9.17, 15) is 0 Å². The Morgan fingerprint density at radius 3 is 2.65 bits per heavy atom. The first-order valence-corrected chi connectivity index (χ1v) is 7.40. The van der Waals surface area contributed by atoms with Crippen molar-refractivity contribution in [2.24, 2.45) is 5.92 Å². The van der Waals surface area contributed by atoms with Gasteiger partial charge in [-0.1, -0.05) is 13.8 Å². The minimum absolute atomic E-state index is 0.637. The largest absolute Gasteiger partial charge is 0.381 e. The Balaban J connectivity index is 1.83. The molecule has 1 aliphatic carbocycles. The number of hydrogen-bond acceptors (Lipinski definition) is 3. The van der Waals surface area contributed by atoms with Gasteiger partial charge in [-0.25, -0.2) is 0 Å². The SMILES string of the molecule is CCCNC(CN(CC)C1CC1)C1CCOC1. The van der Waals surface area contributed by atoms with E-state index in [-0.39, 0.29) is 0 Å². The third kappa shape index (κ3) is 3.94. The molecule has 2 rings (SSSR count). The molecule has 0 aromatic rings. The van der Waals surface area contributed by atoms with Crippen LogP contribution in [-0.2, 0) is 4.74 Å². The van der Waals surface area contributed by atoms with Crippen molar-refractivity contribution in [1.82, 2.24) is 10.2 Å². The molecular formula is C14H28N2O. The molecule has 3 nitrogen and oxygen atoms in total. The summed E-state index contributed by atoms with van der Waals surface area (Å²) in [6.45, 7) is 10.0. The quantitative estimate of drug-likeness (QED) is 0.701. The first-order valence-electron chi connectivity index (χ1n) is 7.40. The van der Waals surface area contributed by atoms with Crippen molar-refractivity contribution in [3.63, 3.8) is 0 Å². The molecule has 0 aromatic carbocycles. The minimum Gasteiger partial charge on any atom is -0.381 e. The van der Waals surface area contributed by atoms with Crippen LogP contribution in [0.15, 0.2) is 0 Å². The van der Waals surface area contributed by atoms with E-state index < -0.39 is 0 Å². The molecule has 2 aliphatic rings. The first kappa shape index (κ1) is 13.3. The van der Waals surface area contributed by atoms with Crippen molar-refractivity contribution < 1.29 is 4.74 Å². The van der Waals surface area contributed by atoms with Gasteiger partial charge in [0.25, 0.3) is 0 Å². The maximum atomic E-state index is 5.55. The molecule has 2 fully saturated rings. The Morgan fingerprint density at radius 1 is 1.29 bits per heavy atom. The lowest BCUT2D eigenvalue weighted by atomic mass is 9.98. The van der Waals surface area contributed by atoms with E-state index in [2.05, 4.69) is 24.1 Å². The standard InChI is InChI=1S/C14H28N2O/c1-3-8-15-14(12-7-9-17-11-12)10-16(4-2)13-5-6-13/h12-15H,3-11H2,1-2H3. The van der Waals surface area contributed by atoms with Gasteiger partial charge in [0.1, 0.15) is 0 Å². The van der Waals surface area contributed by atoms with Crippen LogP contribution in [0.3, 0.4) is 0 Å². The smallest absolute Gasteiger partial charge is 0.0510 e. The van der Waals surface area contributed by atoms with Crippen LogP contribution >= 0.6 is 0 Å². The fraction of sp³-hybridized carbons (Fsp3) is 1.00.